The summed E-state index contributed by atoms with van der Waals surface area (Å²) >= 11 is 5.99. The average molecular weight is 472 g/mol. The van der Waals surface area contributed by atoms with Crippen molar-refractivity contribution in [3.8, 4) is 0 Å². The van der Waals surface area contributed by atoms with Crippen LogP contribution in [0.5, 0.6) is 0 Å². The molecule has 8 heteroatoms. The number of rotatable bonds is 8. The van der Waals surface area contributed by atoms with Crippen molar-refractivity contribution in [3.05, 3.63) is 88.9 Å². The summed E-state index contributed by atoms with van der Waals surface area (Å²) < 4.78 is 27.3. The van der Waals surface area contributed by atoms with E-state index in [1.54, 1.807) is 36.4 Å². The number of carbonyl (C=O) groups is 1. The zero-order valence-electron chi connectivity index (χ0n) is 18.2. The fraction of sp³-hybridized carbons (Fsp3) is 0.208. The number of benzene rings is 3. The van der Waals surface area contributed by atoms with E-state index in [0.29, 0.717) is 16.4 Å². The van der Waals surface area contributed by atoms with Gasteiger partial charge in [0, 0.05) is 29.9 Å². The van der Waals surface area contributed by atoms with Gasteiger partial charge in [0.15, 0.2) is 0 Å². The first-order valence-corrected chi connectivity index (χ1v) is 11.9. The van der Waals surface area contributed by atoms with Gasteiger partial charge in [0.05, 0.1) is 10.6 Å². The second-order valence-corrected chi connectivity index (χ2v) is 10.1. The molecule has 0 bridgehead atoms. The zero-order valence-corrected chi connectivity index (χ0v) is 19.8. The highest BCUT2D eigenvalue weighted by atomic mass is 35.5. The standard InChI is InChI=1S/C24H26ClN3O3S/c1-27(2)15-14-18-10-12-21(13-11-18)26-24(29)19-6-4-9-23(16-19)32(30,31)28(3)22-8-5-7-20(25)17-22/h4-13,16-17H,14-15H2,1-3H3,(H,26,29). The lowest BCUT2D eigenvalue weighted by molar-refractivity contribution is 0.102. The Morgan fingerprint density at radius 1 is 0.938 bits per heavy atom. The summed E-state index contributed by atoms with van der Waals surface area (Å²) in [7, 11) is 1.63. The Morgan fingerprint density at radius 3 is 2.28 bits per heavy atom. The highest BCUT2D eigenvalue weighted by Crippen LogP contribution is 2.25. The molecule has 3 aromatic carbocycles. The Morgan fingerprint density at radius 2 is 1.62 bits per heavy atom. The Kier molecular flexibility index (Phi) is 7.56. The number of hydrogen-bond donors (Lipinski definition) is 1. The van der Waals surface area contributed by atoms with Gasteiger partial charge in [0.1, 0.15) is 0 Å². The molecule has 0 saturated carbocycles. The average Bonchev–Trinajstić information content (AvgIpc) is 2.78. The first-order chi connectivity index (χ1) is 15.2. The van der Waals surface area contributed by atoms with Gasteiger partial charge < -0.3 is 10.2 Å². The first-order valence-electron chi connectivity index (χ1n) is 10.1. The van der Waals surface area contributed by atoms with E-state index in [9.17, 15) is 13.2 Å². The van der Waals surface area contributed by atoms with Crippen molar-refractivity contribution in [2.45, 2.75) is 11.3 Å². The van der Waals surface area contributed by atoms with Crippen LogP contribution in [0, 0.1) is 0 Å². The van der Waals surface area contributed by atoms with E-state index < -0.39 is 10.0 Å². The van der Waals surface area contributed by atoms with Crippen molar-refractivity contribution in [1.82, 2.24) is 4.90 Å². The summed E-state index contributed by atoms with van der Waals surface area (Å²) in [6, 6.07) is 20.2. The van der Waals surface area contributed by atoms with Crippen molar-refractivity contribution in [2.24, 2.45) is 0 Å². The molecular weight excluding hydrogens is 446 g/mol. The van der Waals surface area contributed by atoms with Crippen LogP contribution in [0.4, 0.5) is 11.4 Å². The van der Waals surface area contributed by atoms with Crippen LogP contribution in [0.1, 0.15) is 15.9 Å². The molecule has 32 heavy (non-hydrogen) atoms. The Balaban J connectivity index is 1.75. The largest absolute Gasteiger partial charge is 0.322 e. The van der Waals surface area contributed by atoms with Crippen LogP contribution in [0.15, 0.2) is 77.7 Å². The Bertz CT molecular complexity index is 1200. The first kappa shape index (κ1) is 23.8. The summed E-state index contributed by atoms with van der Waals surface area (Å²) in [5.74, 6) is -0.381. The normalized spacial score (nSPS) is 11.4. The number of nitrogens with zero attached hydrogens (tertiary/aromatic N) is 2. The van der Waals surface area contributed by atoms with E-state index in [1.165, 1.54) is 24.7 Å². The fourth-order valence-electron chi connectivity index (χ4n) is 3.08. The number of halogens is 1. The highest BCUT2D eigenvalue weighted by molar-refractivity contribution is 7.92. The van der Waals surface area contributed by atoms with Crippen LogP contribution < -0.4 is 9.62 Å². The number of nitrogens with one attached hydrogen (secondary N) is 1. The molecule has 0 unspecified atom stereocenters. The molecule has 0 radical (unpaired) electrons. The second kappa shape index (κ2) is 10.2. The van der Waals surface area contributed by atoms with Gasteiger partial charge in [-0.1, -0.05) is 35.9 Å². The smallest absolute Gasteiger partial charge is 0.264 e. The van der Waals surface area contributed by atoms with Crippen LogP contribution in [0.25, 0.3) is 0 Å². The third-order valence-corrected chi connectivity index (χ3v) is 7.00. The number of carbonyl (C=O) groups excluding carboxylic acids is 1. The van der Waals surface area contributed by atoms with Crippen molar-refractivity contribution >= 4 is 38.9 Å². The van der Waals surface area contributed by atoms with Crippen molar-refractivity contribution in [3.63, 3.8) is 0 Å². The molecule has 0 fully saturated rings. The number of amides is 1. The van der Waals surface area contributed by atoms with E-state index in [0.717, 1.165) is 17.3 Å². The van der Waals surface area contributed by atoms with Crippen LogP contribution >= 0.6 is 11.6 Å². The molecule has 6 nitrogen and oxygen atoms in total. The van der Waals surface area contributed by atoms with Gasteiger partial charge in [-0.25, -0.2) is 8.42 Å². The third-order valence-electron chi connectivity index (χ3n) is 4.99. The minimum atomic E-state index is -3.87. The lowest BCUT2D eigenvalue weighted by Gasteiger charge is -2.20. The molecule has 0 spiro atoms. The molecule has 0 saturated heterocycles. The molecule has 0 aromatic heterocycles. The van der Waals surface area contributed by atoms with Gasteiger partial charge in [-0.3, -0.25) is 9.10 Å². The molecule has 0 aliphatic carbocycles. The van der Waals surface area contributed by atoms with Crippen LogP contribution in [-0.4, -0.2) is 46.9 Å². The molecule has 0 atom stereocenters. The molecular formula is C24H26ClN3O3S. The van der Waals surface area contributed by atoms with E-state index in [1.807, 2.05) is 38.4 Å². The quantitative estimate of drug-likeness (QED) is 0.524. The SMILES string of the molecule is CN(C)CCc1ccc(NC(=O)c2cccc(S(=O)(=O)N(C)c3cccc(Cl)c3)c2)cc1. The predicted molar refractivity (Wildman–Crippen MR) is 130 cm³/mol. The molecule has 168 valence electrons. The van der Waals surface area contributed by atoms with E-state index >= 15 is 0 Å². The van der Waals surface area contributed by atoms with E-state index in [4.69, 9.17) is 11.6 Å². The minimum Gasteiger partial charge on any atom is -0.322 e. The van der Waals surface area contributed by atoms with Crippen LogP contribution in [0.3, 0.4) is 0 Å². The van der Waals surface area contributed by atoms with Gasteiger partial charge in [-0.05, 0) is 74.6 Å². The maximum Gasteiger partial charge on any atom is 0.264 e. The summed E-state index contributed by atoms with van der Waals surface area (Å²) in [5.41, 5.74) is 2.51. The lowest BCUT2D eigenvalue weighted by Crippen LogP contribution is -2.26. The second-order valence-electron chi connectivity index (χ2n) is 7.68. The zero-order chi connectivity index (χ0) is 23.3. The van der Waals surface area contributed by atoms with Gasteiger partial charge in [0.2, 0.25) is 0 Å². The van der Waals surface area contributed by atoms with Crippen molar-refractivity contribution < 1.29 is 13.2 Å². The monoisotopic (exact) mass is 471 g/mol. The van der Waals surface area contributed by atoms with E-state index in [-0.39, 0.29) is 16.4 Å². The molecule has 0 heterocycles. The lowest BCUT2D eigenvalue weighted by atomic mass is 10.1. The third kappa shape index (κ3) is 5.88. The highest BCUT2D eigenvalue weighted by Gasteiger charge is 2.22. The minimum absolute atomic E-state index is 0.0201. The van der Waals surface area contributed by atoms with Crippen molar-refractivity contribution in [2.75, 3.05) is 37.3 Å². The van der Waals surface area contributed by atoms with Crippen LogP contribution in [0.2, 0.25) is 5.02 Å². The maximum atomic E-state index is 13.1. The van der Waals surface area contributed by atoms with Crippen molar-refractivity contribution in [1.29, 1.82) is 0 Å². The van der Waals surface area contributed by atoms with Crippen LogP contribution in [-0.2, 0) is 16.4 Å². The molecule has 1 N–H and O–H groups in total. The molecule has 3 rings (SSSR count). The summed E-state index contributed by atoms with van der Waals surface area (Å²) in [4.78, 5) is 14.9. The number of sulfonamides is 1. The molecule has 1 amide bonds. The molecule has 0 aliphatic heterocycles. The fourth-order valence-corrected chi connectivity index (χ4v) is 4.50. The number of likely N-dealkylation sites (N-methyl/N-ethyl adjacent to an activating group) is 1. The summed E-state index contributed by atoms with van der Waals surface area (Å²) in [6.07, 6.45) is 0.918. The number of anilines is 2. The Hall–Kier alpha value is -2.87. The van der Waals surface area contributed by atoms with Gasteiger partial charge in [0.25, 0.3) is 15.9 Å². The predicted octanol–water partition coefficient (Wildman–Crippen LogP) is 4.52. The summed E-state index contributed by atoms with van der Waals surface area (Å²) in [5, 5.41) is 3.26. The van der Waals surface area contributed by atoms with Gasteiger partial charge in [-0.15, -0.1) is 0 Å². The molecule has 0 aliphatic rings. The van der Waals surface area contributed by atoms with E-state index in [2.05, 4.69) is 10.2 Å². The topological polar surface area (TPSA) is 69.7 Å². The molecule has 3 aromatic rings. The maximum absolute atomic E-state index is 13.1. The van der Waals surface area contributed by atoms with Gasteiger partial charge >= 0.3 is 0 Å². The number of hydrogen-bond acceptors (Lipinski definition) is 4. The van der Waals surface area contributed by atoms with Gasteiger partial charge in [-0.2, -0.15) is 0 Å². The summed E-state index contributed by atoms with van der Waals surface area (Å²) in [6.45, 7) is 0.941. The Labute approximate surface area is 194 Å².